The van der Waals surface area contributed by atoms with Crippen LogP contribution in [-0.4, -0.2) is 65.7 Å². The molecule has 2 atom stereocenters. The van der Waals surface area contributed by atoms with E-state index in [1.54, 1.807) is 0 Å². The topological polar surface area (TPSA) is 53.0 Å². The number of aliphatic hydroxyl groups excluding tert-OH is 1. The minimum absolute atomic E-state index is 0.0830. The Morgan fingerprint density at radius 2 is 1.87 bits per heavy atom. The minimum atomic E-state index is -0.191. The molecule has 0 radical (unpaired) electrons. The predicted octanol–water partition coefficient (Wildman–Crippen LogP) is 1.76. The van der Waals surface area contributed by atoms with Crippen molar-refractivity contribution in [2.45, 2.75) is 38.3 Å². The molecule has 3 rings (SSSR count). The minimum Gasteiger partial charge on any atom is -0.494 e. The van der Waals surface area contributed by atoms with Crippen molar-refractivity contribution in [1.29, 1.82) is 0 Å². The molecule has 1 saturated heterocycles. The fourth-order valence-corrected chi connectivity index (χ4v) is 3.65. The van der Waals surface area contributed by atoms with Gasteiger partial charge in [0.15, 0.2) is 0 Å². The summed E-state index contributed by atoms with van der Waals surface area (Å²) < 4.78 is 5.41. The number of nitrogens with zero attached hydrogens (tertiary/aromatic N) is 2. The van der Waals surface area contributed by atoms with Crippen molar-refractivity contribution in [3.63, 3.8) is 0 Å². The van der Waals surface area contributed by atoms with Gasteiger partial charge in [0, 0.05) is 37.8 Å². The van der Waals surface area contributed by atoms with Crippen LogP contribution in [0.4, 0.5) is 0 Å². The second-order valence-corrected chi connectivity index (χ2v) is 6.35. The van der Waals surface area contributed by atoms with Crippen LogP contribution in [0.15, 0.2) is 24.3 Å². The molecule has 0 unspecified atom stereocenters. The van der Waals surface area contributed by atoms with Gasteiger partial charge in [0.1, 0.15) is 5.75 Å². The van der Waals surface area contributed by atoms with Crippen molar-refractivity contribution < 1.29 is 14.6 Å². The Labute approximate surface area is 137 Å². The van der Waals surface area contributed by atoms with Crippen LogP contribution in [0.3, 0.4) is 0 Å². The lowest BCUT2D eigenvalue weighted by atomic mass is 10.1. The maximum Gasteiger partial charge on any atom is 0.253 e. The van der Waals surface area contributed by atoms with Crippen LogP contribution >= 0.6 is 0 Å². The molecule has 1 amide bonds. The first-order valence-electron chi connectivity index (χ1n) is 8.63. The standard InChI is InChI=1S/C18H26N2O3/c1-2-23-15-8-6-14(7-9-15)18(22)20-12-10-19(11-13-20)16-4-3-5-17(16)21/h6-9,16-17,21H,2-5,10-13H2,1H3/t16-,17+/m1/s1. The smallest absolute Gasteiger partial charge is 0.253 e. The predicted molar refractivity (Wildman–Crippen MR) is 88.7 cm³/mol. The van der Waals surface area contributed by atoms with Gasteiger partial charge in [-0.05, 0) is 50.5 Å². The maximum absolute atomic E-state index is 12.6. The molecule has 1 aliphatic carbocycles. The molecule has 1 heterocycles. The average Bonchev–Trinajstić information content (AvgIpc) is 3.01. The molecule has 1 N–H and O–H groups in total. The second kappa shape index (κ2) is 7.32. The van der Waals surface area contributed by atoms with E-state index in [0.717, 1.165) is 51.2 Å². The summed E-state index contributed by atoms with van der Waals surface area (Å²) in [6.45, 7) is 5.74. The van der Waals surface area contributed by atoms with E-state index >= 15 is 0 Å². The van der Waals surface area contributed by atoms with Gasteiger partial charge >= 0.3 is 0 Å². The van der Waals surface area contributed by atoms with E-state index in [1.807, 2.05) is 36.1 Å². The molecule has 0 spiro atoms. The number of rotatable bonds is 4. The van der Waals surface area contributed by atoms with Crippen molar-refractivity contribution in [3.8, 4) is 5.75 Å². The molecule has 23 heavy (non-hydrogen) atoms. The van der Waals surface area contributed by atoms with Crippen LogP contribution in [0.1, 0.15) is 36.5 Å². The molecule has 1 aromatic rings. The third-order valence-electron chi connectivity index (χ3n) is 4.93. The normalized spacial score (nSPS) is 25.6. The van der Waals surface area contributed by atoms with Gasteiger partial charge in [0.2, 0.25) is 0 Å². The summed E-state index contributed by atoms with van der Waals surface area (Å²) in [5, 5.41) is 10.0. The summed E-state index contributed by atoms with van der Waals surface area (Å²) in [5.41, 5.74) is 0.711. The lowest BCUT2D eigenvalue weighted by molar-refractivity contribution is 0.0315. The van der Waals surface area contributed by atoms with E-state index in [0.29, 0.717) is 12.2 Å². The van der Waals surface area contributed by atoms with Crippen molar-refractivity contribution in [2.24, 2.45) is 0 Å². The molecule has 126 valence electrons. The van der Waals surface area contributed by atoms with Crippen LogP contribution in [0.5, 0.6) is 5.75 Å². The fraction of sp³-hybridized carbons (Fsp3) is 0.611. The number of hydrogen-bond donors (Lipinski definition) is 1. The molecule has 0 bridgehead atoms. The molecule has 0 aromatic heterocycles. The van der Waals surface area contributed by atoms with Gasteiger partial charge in [0.05, 0.1) is 12.7 Å². The zero-order valence-corrected chi connectivity index (χ0v) is 13.8. The molecule has 2 fully saturated rings. The Morgan fingerprint density at radius 1 is 1.17 bits per heavy atom. The maximum atomic E-state index is 12.6. The van der Waals surface area contributed by atoms with E-state index in [2.05, 4.69) is 4.90 Å². The quantitative estimate of drug-likeness (QED) is 0.919. The number of amides is 1. The van der Waals surface area contributed by atoms with Gasteiger partial charge in [-0.3, -0.25) is 9.69 Å². The van der Waals surface area contributed by atoms with Gasteiger partial charge in [-0.15, -0.1) is 0 Å². The van der Waals surface area contributed by atoms with Gasteiger partial charge < -0.3 is 14.7 Å². The van der Waals surface area contributed by atoms with Gasteiger partial charge in [-0.25, -0.2) is 0 Å². The number of piperazine rings is 1. The summed E-state index contributed by atoms with van der Waals surface area (Å²) in [6, 6.07) is 7.66. The summed E-state index contributed by atoms with van der Waals surface area (Å²) in [7, 11) is 0. The summed E-state index contributed by atoms with van der Waals surface area (Å²) in [6.07, 6.45) is 2.91. The monoisotopic (exact) mass is 318 g/mol. The number of benzene rings is 1. The average molecular weight is 318 g/mol. The molecule has 1 aromatic carbocycles. The molecule has 5 heteroatoms. The van der Waals surface area contributed by atoms with Crippen molar-refractivity contribution in [2.75, 3.05) is 32.8 Å². The highest BCUT2D eigenvalue weighted by atomic mass is 16.5. The Bertz CT molecular complexity index is 524. The summed E-state index contributed by atoms with van der Waals surface area (Å²) in [5.74, 6) is 0.878. The Balaban J connectivity index is 1.55. The third kappa shape index (κ3) is 3.67. The number of hydrogen-bond acceptors (Lipinski definition) is 4. The summed E-state index contributed by atoms with van der Waals surface area (Å²) in [4.78, 5) is 16.8. The van der Waals surface area contributed by atoms with Gasteiger partial charge in [0.25, 0.3) is 5.91 Å². The number of carbonyl (C=O) groups excluding carboxylic acids is 1. The highest BCUT2D eigenvalue weighted by Gasteiger charge is 2.33. The third-order valence-corrected chi connectivity index (χ3v) is 4.93. The Hall–Kier alpha value is -1.59. The lowest BCUT2D eigenvalue weighted by Gasteiger charge is -2.39. The first kappa shape index (κ1) is 16.3. The van der Waals surface area contributed by atoms with E-state index in [1.165, 1.54) is 0 Å². The largest absolute Gasteiger partial charge is 0.494 e. The Morgan fingerprint density at radius 3 is 2.43 bits per heavy atom. The van der Waals surface area contributed by atoms with Crippen molar-refractivity contribution in [1.82, 2.24) is 9.80 Å². The van der Waals surface area contributed by atoms with E-state index < -0.39 is 0 Å². The highest BCUT2D eigenvalue weighted by molar-refractivity contribution is 5.94. The van der Waals surface area contributed by atoms with E-state index in [-0.39, 0.29) is 18.1 Å². The molecular formula is C18H26N2O3. The van der Waals surface area contributed by atoms with Crippen LogP contribution in [0.25, 0.3) is 0 Å². The molecule has 1 aliphatic heterocycles. The molecular weight excluding hydrogens is 292 g/mol. The van der Waals surface area contributed by atoms with Gasteiger partial charge in [-0.1, -0.05) is 0 Å². The summed E-state index contributed by atoms with van der Waals surface area (Å²) >= 11 is 0. The highest BCUT2D eigenvalue weighted by Crippen LogP contribution is 2.25. The van der Waals surface area contributed by atoms with Crippen LogP contribution in [-0.2, 0) is 0 Å². The lowest BCUT2D eigenvalue weighted by Crippen LogP contribution is -2.53. The molecule has 2 aliphatic rings. The first-order valence-corrected chi connectivity index (χ1v) is 8.63. The number of aliphatic hydroxyl groups is 1. The first-order chi connectivity index (χ1) is 11.2. The van der Waals surface area contributed by atoms with Crippen molar-refractivity contribution >= 4 is 5.91 Å². The van der Waals surface area contributed by atoms with E-state index in [9.17, 15) is 9.90 Å². The zero-order chi connectivity index (χ0) is 16.2. The molecule has 1 saturated carbocycles. The SMILES string of the molecule is CCOc1ccc(C(=O)N2CCN([C@@H]3CCC[C@@H]3O)CC2)cc1. The van der Waals surface area contributed by atoms with Crippen LogP contribution in [0.2, 0.25) is 0 Å². The van der Waals surface area contributed by atoms with Crippen molar-refractivity contribution in [3.05, 3.63) is 29.8 Å². The fourth-order valence-electron chi connectivity index (χ4n) is 3.65. The number of ether oxygens (including phenoxy) is 1. The Kier molecular flexibility index (Phi) is 5.18. The van der Waals surface area contributed by atoms with E-state index in [4.69, 9.17) is 4.74 Å². The van der Waals surface area contributed by atoms with Crippen LogP contribution < -0.4 is 4.74 Å². The second-order valence-electron chi connectivity index (χ2n) is 6.35. The zero-order valence-electron chi connectivity index (χ0n) is 13.8. The number of carbonyl (C=O) groups is 1. The van der Waals surface area contributed by atoms with Crippen LogP contribution in [0, 0.1) is 0 Å². The molecule has 5 nitrogen and oxygen atoms in total. The van der Waals surface area contributed by atoms with Gasteiger partial charge in [-0.2, -0.15) is 0 Å².